The number of aliphatic hydroxyl groups excluding tert-OH is 1. The van der Waals surface area contributed by atoms with E-state index in [2.05, 4.69) is 10.6 Å². The maximum Gasteiger partial charge on any atom is 0.226 e. The first kappa shape index (κ1) is 20.6. The molecule has 2 aliphatic rings. The lowest BCUT2D eigenvalue weighted by molar-refractivity contribution is -0.133. The Morgan fingerprint density at radius 3 is 2.46 bits per heavy atom. The molecule has 3 atom stereocenters. The Bertz CT molecular complexity index is 682. The van der Waals surface area contributed by atoms with Crippen LogP contribution < -0.4 is 10.6 Å². The van der Waals surface area contributed by atoms with Crippen molar-refractivity contribution in [1.82, 2.24) is 10.6 Å². The van der Waals surface area contributed by atoms with Gasteiger partial charge in [-0.25, -0.2) is 0 Å². The Hall–Kier alpha value is -2.08. The summed E-state index contributed by atoms with van der Waals surface area (Å²) >= 11 is 0. The highest BCUT2D eigenvalue weighted by Gasteiger charge is 2.41. The minimum Gasteiger partial charge on any atom is -0.508 e. The van der Waals surface area contributed by atoms with Gasteiger partial charge >= 0.3 is 0 Å². The van der Waals surface area contributed by atoms with Crippen LogP contribution in [0.3, 0.4) is 0 Å². The number of hydrogen-bond acceptors (Lipinski definition) is 4. The van der Waals surface area contributed by atoms with E-state index in [1.807, 2.05) is 19.1 Å². The van der Waals surface area contributed by atoms with E-state index >= 15 is 0 Å². The minimum absolute atomic E-state index is 0.0182. The van der Waals surface area contributed by atoms with Crippen molar-refractivity contribution in [3.05, 3.63) is 29.8 Å². The monoisotopic (exact) mass is 388 g/mol. The fourth-order valence-electron chi connectivity index (χ4n) is 4.42. The highest BCUT2D eigenvalue weighted by atomic mass is 16.3. The van der Waals surface area contributed by atoms with Crippen LogP contribution in [0.5, 0.6) is 5.75 Å². The fourth-order valence-corrected chi connectivity index (χ4v) is 4.42. The van der Waals surface area contributed by atoms with Crippen LogP contribution in [0.1, 0.15) is 57.4 Å². The molecule has 1 aromatic carbocycles. The van der Waals surface area contributed by atoms with Crippen LogP contribution in [-0.2, 0) is 16.0 Å². The SMILES string of the molecule is CC1(C(=O)N[C@H]2C[C@H](C(=O)NCCc3ccc(O)cc3)C[C@@H]2O)CCCCC1. The number of aliphatic hydroxyl groups is 1. The van der Waals surface area contributed by atoms with E-state index in [1.54, 1.807) is 12.1 Å². The van der Waals surface area contributed by atoms with Gasteiger partial charge in [0.1, 0.15) is 5.75 Å². The number of carbonyl (C=O) groups excluding carboxylic acids is 2. The topological polar surface area (TPSA) is 98.7 Å². The molecule has 2 fully saturated rings. The van der Waals surface area contributed by atoms with Crippen molar-refractivity contribution < 1.29 is 19.8 Å². The van der Waals surface area contributed by atoms with Gasteiger partial charge < -0.3 is 20.8 Å². The summed E-state index contributed by atoms with van der Waals surface area (Å²) < 4.78 is 0. The molecule has 4 N–H and O–H groups in total. The maximum atomic E-state index is 12.7. The van der Waals surface area contributed by atoms with E-state index in [0.717, 1.165) is 31.2 Å². The molecule has 0 bridgehead atoms. The molecule has 0 spiro atoms. The zero-order chi connectivity index (χ0) is 20.1. The van der Waals surface area contributed by atoms with Gasteiger partial charge in [0, 0.05) is 17.9 Å². The summed E-state index contributed by atoms with van der Waals surface area (Å²) in [5.41, 5.74) is 0.693. The second kappa shape index (κ2) is 8.95. The highest BCUT2D eigenvalue weighted by molar-refractivity contribution is 5.83. The fraction of sp³-hybridized carbons (Fsp3) is 0.636. The van der Waals surface area contributed by atoms with Crippen molar-refractivity contribution >= 4 is 11.8 Å². The molecule has 28 heavy (non-hydrogen) atoms. The molecule has 0 saturated heterocycles. The van der Waals surface area contributed by atoms with Gasteiger partial charge in [-0.05, 0) is 49.8 Å². The first-order valence-electron chi connectivity index (χ1n) is 10.4. The summed E-state index contributed by atoms with van der Waals surface area (Å²) in [6.45, 7) is 2.52. The summed E-state index contributed by atoms with van der Waals surface area (Å²) in [5, 5.41) is 25.6. The van der Waals surface area contributed by atoms with Crippen molar-refractivity contribution in [2.24, 2.45) is 11.3 Å². The highest BCUT2D eigenvalue weighted by Crippen LogP contribution is 2.37. The van der Waals surface area contributed by atoms with Gasteiger partial charge in [-0.15, -0.1) is 0 Å². The minimum atomic E-state index is -0.677. The molecule has 1 aromatic rings. The molecule has 6 nitrogen and oxygen atoms in total. The van der Waals surface area contributed by atoms with Gasteiger partial charge in [0.15, 0.2) is 0 Å². The number of phenols is 1. The first-order chi connectivity index (χ1) is 13.4. The van der Waals surface area contributed by atoms with Crippen molar-refractivity contribution in [3.8, 4) is 5.75 Å². The third-order valence-corrected chi connectivity index (χ3v) is 6.37. The lowest BCUT2D eigenvalue weighted by Crippen LogP contribution is -2.47. The molecular formula is C22H32N2O4. The smallest absolute Gasteiger partial charge is 0.226 e. The molecule has 2 amide bonds. The number of aromatic hydroxyl groups is 1. The van der Waals surface area contributed by atoms with Crippen LogP contribution in [0.25, 0.3) is 0 Å². The van der Waals surface area contributed by atoms with Crippen LogP contribution in [0.2, 0.25) is 0 Å². The van der Waals surface area contributed by atoms with Gasteiger partial charge in [-0.3, -0.25) is 9.59 Å². The quantitative estimate of drug-likeness (QED) is 0.601. The number of phenolic OH excluding ortho intramolecular Hbond substituents is 1. The number of nitrogens with one attached hydrogen (secondary N) is 2. The van der Waals surface area contributed by atoms with Gasteiger partial charge in [0.2, 0.25) is 11.8 Å². The van der Waals surface area contributed by atoms with Crippen molar-refractivity contribution in [3.63, 3.8) is 0 Å². The van der Waals surface area contributed by atoms with Crippen molar-refractivity contribution in [2.45, 2.75) is 70.4 Å². The standard InChI is InChI=1S/C22H32N2O4/c1-22(10-3-2-4-11-22)21(28)24-18-13-16(14-19(18)26)20(27)23-12-9-15-5-7-17(25)8-6-15/h5-8,16,18-19,25-26H,2-4,9-14H2,1H3,(H,23,27)(H,24,28)/t16-,18-,19-/m0/s1. The number of carbonyl (C=O) groups is 2. The van der Waals surface area contributed by atoms with E-state index in [1.165, 1.54) is 6.42 Å². The van der Waals surface area contributed by atoms with E-state index in [9.17, 15) is 19.8 Å². The Balaban J connectivity index is 1.45. The third kappa shape index (κ3) is 5.04. The number of benzene rings is 1. The van der Waals surface area contributed by atoms with Gasteiger partial charge in [0.05, 0.1) is 12.1 Å². The Morgan fingerprint density at radius 2 is 1.79 bits per heavy atom. The number of rotatable bonds is 6. The molecule has 0 unspecified atom stereocenters. The van der Waals surface area contributed by atoms with Gasteiger partial charge in [-0.1, -0.05) is 38.3 Å². The first-order valence-corrected chi connectivity index (χ1v) is 10.4. The average Bonchev–Trinajstić information content (AvgIpc) is 3.04. The predicted molar refractivity (Wildman–Crippen MR) is 107 cm³/mol. The van der Waals surface area contributed by atoms with E-state index in [4.69, 9.17) is 0 Å². The molecular weight excluding hydrogens is 356 g/mol. The van der Waals surface area contributed by atoms with Gasteiger partial charge in [-0.2, -0.15) is 0 Å². The van der Waals surface area contributed by atoms with E-state index in [-0.39, 0.29) is 34.9 Å². The van der Waals surface area contributed by atoms with E-state index in [0.29, 0.717) is 25.8 Å². The Morgan fingerprint density at radius 1 is 1.11 bits per heavy atom. The van der Waals surface area contributed by atoms with Crippen LogP contribution in [0, 0.1) is 11.3 Å². The summed E-state index contributed by atoms with van der Waals surface area (Å²) in [7, 11) is 0. The molecule has 0 aromatic heterocycles. The lowest BCUT2D eigenvalue weighted by atomic mass is 9.75. The second-order valence-corrected chi connectivity index (χ2v) is 8.64. The predicted octanol–water partition coefficient (Wildman–Crippen LogP) is 2.28. The molecule has 2 saturated carbocycles. The van der Waals surface area contributed by atoms with Crippen LogP contribution in [-0.4, -0.2) is 40.7 Å². The summed E-state index contributed by atoms with van der Waals surface area (Å²) in [5.74, 6) is -0.106. The number of amides is 2. The lowest BCUT2D eigenvalue weighted by Gasteiger charge is -2.33. The molecule has 0 heterocycles. The molecule has 0 aliphatic heterocycles. The van der Waals surface area contributed by atoms with Crippen molar-refractivity contribution in [2.75, 3.05) is 6.54 Å². The maximum absolute atomic E-state index is 12.7. The Labute approximate surface area is 166 Å². The Kier molecular flexibility index (Phi) is 6.60. The summed E-state index contributed by atoms with van der Waals surface area (Å²) in [4.78, 5) is 25.2. The average molecular weight is 389 g/mol. The van der Waals surface area contributed by atoms with Crippen LogP contribution >= 0.6 is 0 Å². The summed E-state index contributed by atoms with van der Waals surface area (Å²) in [6, 6.07) is 6.57. The van der Waals surface area contributed by atoms with E-state index < -0.39 is 6.10 Å². The van der Waals surface area contributed by atoms with Gasteiger partial charge in [0.25, 0.3) is 0 Å². The molecule has 154 valence electrons. The largest absolute Gasteiger partial charge is 0.508 e. The molecule has 3 rings (SSSR count). The molecule has 2 aliphatic carbocycles. The third-order valence-electron chi connectivity index (χ3n) is 6.37. The zero-order valence-corrected chi connectivity index (χ0v) is 16.6. The molecule has 6 heteroatoms. The number of hydrogen-bond donors (Lipinski definition) is 4. The summed E-state index contributed by atoms with van der Waals surface area (Å²) in [6.07, 6.45) is 5.98. The second-order valence-electron chi connectivity index (χ2n) is 8.64. The zero-order valence-electron chi connectivity index (χ0n) is 16.6. The normalized spacial score (nSPS) is 26.6. The van der Waals surface area contributed by atoms with Crippen LogP contribution in [0.15, 0.2) is 24.3 Å². The van der Waals surface area contributed by atoms with Crippen molar-refractivity contribution in [1.29, 1.82) is 0 Å². The van der Waals surface area contributed by atoms with Crippen LogP contribution in [0.4, 0.5) is 0 Å². The molecule has 0 radical (unpaired) electrons.